The van der Waals surface area contributed by atoms with Crippen molar-refractivity contribution in [2.45, 2.75) is 25.4 Å². The number of carbonyl (C=O) groups is 1. The van der Waals surface area contributed by atoms with Crippen molar-refractivity contribution in [3.63, 3.8) is 0 Å². The molecule has 0 aromatic rings. The molecule has 2 N–H and O–H groups in total. The number of amides is 1. The van der Waals surface area contributed by atoms with Crippen molar-refractivity contribution >= 4 is 18.3 Å². The van der Waals surface area contributed by atoms with Crippen LogP contribution in [-0.4, -0.2) is 12.1 Å². The first-order valence-electron chi connectivity index (χ1n) is 3.22. The number of hydrogen-bond acceptors (Lipinski definition) is 1. The van der Waals surface area contributed by atoms with Gasteiger partial charge in [0.15, 0.2) is 0 Å². The summed E-state index contributed by atoms with van der Waals surface area (Å²) in [5.74, 6) is -0.875. The van der Waals surface area contributed by atoms with Crippen LogP contribution < -0.4 is 5.73 Å². The third kappa shape index (κ3) is 2.03. The van der Waals surface area contributed by atoms with Gasteiger partial charge in [-0.05, 0) is 12.8 Å². The number of halogens is 4. The summed E-state index contributed by atoms with van der Waals surface area (Å²) in [4.78, 5) is 10.2. The van der Waals surface area contributed by atoms with Crippen LogP contribution in [-0.2, 0) is 4.79 Å². The Morgan fingerprint density at radius 2 is 1.83 bits per heavy atom. The summed E-state index contributed by atoms with van der Waals surface area (Å²) in [6.45, 7) is 0. The van der Waals surface area contributed by atoms with Gasteiger partial charge in [0, 0.05) is 6.42 Å². The highest BCUT2D eigenvalue weighted by molar-refractivity contribution is 5.85. The Kier molecular flexibility index (Phi) is 3.01. The minimum atomic E-state index is -4.26. The predicted octanol–water partition coefficient (Wildman–Crippen LogP) is 1.63. The maximum absolute atomic E-state index is 12.0. The molecular formula is C6H9ClF3NO. The van der Waals surface area contributed by atoms with Gasteiger partial charge >= 0.3 is 6.18 Å². The molecule has 1 aliphatic rings. The van der Waals surface area contributed by atoms with E-state index in [1.165, 1.54) is 0 Å². The van der Waals surface area contributed by atoms with E-state index in [9.17, 15) is 18.0 Å². The van der Waals surface area contributed by atoms with E-state index in [4.69, 9.17) is 0 Å². The molecule has 0 heterocycles. The molecule has 0 radical (unpaired) electrons. The van der Waals surface area contributed by atoms with Crippen LogP contribution in [0.25, 0.3) is 0 Å². The largest absolute Gasteiger partial charge is 0.395 e. The van der Waals surface area contributed by atoms with Gasteiger partial charge < -0.3 is 5.73 Å². The molecule has 6 heteroatoms. The molecule has 0 spiro atoms. The van der Waals surface area contributed by atoms with Gasteiger partial charge in [-0.15, -0.1) is 12.4 Å². The zero-order valence-corrected chi connectivity index (χ0v) is 6.97. The summed E-state index contributed by atoms with van der Waals surface area (Å²) < 4.78 is 36.1. The van der Waals surface area contributed by atoms with Gasteiger partial charge in [-0.2, -0.15) is 13.2 Å². The molecule has 1 saturated carbocycles. The first-order valence-corrected chi connectivity index (χ1v) is 3.22. The molecule has 0 unspecified atom stereocenters. The molecule has 0 aromatic heterocycles. The van der Waals surface area contributed by atoms with Gasteiger partial charge in [0.05, 0.1) is 5.41 Å². The fourth-order valence-electron chi connectivity index (χ4n) is 1.04. The number of hydrogen-bond donors (Lipinski definition) is 1. The van der Waals surface area contributed by atoms with Gasteiger partial charge in [0.2, 0.25) is 5.91 Å². The Morgan fingerprint density at radius 1 is 1.42 bits per heavy atom. The van der Waals surface area contributed by atoms with Crippen LogP contribution in [0.3, 0.4) is 0 Å². The number of rotatable bonds is 2. The van der Waals surface area contributed by atoms with Crippen LogP contribution in [0.15, 0.2) is 0 Å². The molecule has 0 aromatic carbocycles. The lowest BCUT2D eigenvalue weighted by Gasteiger charge is -2.16. The summed E-state index contributed by atoms with van der Waals surface area (Å²) in [5, 5.41) is 0. The highest BCUT2D eigenvalue weighted by atomic mass is 35.5. The van der Waals surface area contributed by atoms with E-state index < -0.39 is 23.9 Å². The zero-order chi connectivity index (χ0) is 8.70. The highest BCUT2D eigenvalue weighted by Crippen LogP contribution is 2.59. The average Bonchev–Trinajstić information content (AvgIpc) is 2.42. The SMILES string of the molecule is Cl.NC(=O)CC1(C(F)(F)F)CC1. The molecule has 1 rings (SSSR count). The fourth-order valence-corrected chi connectivity index (χ4v) is 1.04. The summed E-state index contributed by atoms with van der Waals surface area (Å²) in [5.41, 5.74) is 2.91. The molecule has 1 aliphatic carbocycles. The third-order valence-corrected chi connectivity index (χ3v) is 1.97. The van der Waals surface area contributed by atoms with E-state index >= 15 is 0 Å². The van der Waals surface area contributed by atoms with Gasteiger partial charge in [-0.25, -0.2) is 0 Å². The Morgan fingerprint density at radius 3 is 1.92 bits per heavy atom. The maximum atomic E-state index is 12.0. The van der Waals surface area contributed by atoms with E-state index in [1.807, 2.05) is 0 Å². The second-order valence-corrected chi connectivity index (χ2v) is 2.92. The fraction of sp³-hybridized carbons (Fsp3) is 0.833. The van der Waals surface area contributed by atoms with Crippen LogP contribution >= 0.6 is 12.4 Å². The zero-order valence-electron chi connectivity index (χ0n) is 6.15. The molecule has 0 aliphatic heterocycles. The Balaban J connectivity index is 0.00000121. The molecule has 0 atom stereocenters. The van der Waals surface area contributed by atoms with Crippen molar-refractivity contribution in [3.05, 3.63) is 0 Å². The number of primary amides is 1. The first-order chi connectivity index (χ1) is 4.87. The van der Waals surface area contributed by atoms with Gasteiger partial charge in [-0.1, -0.05) is 0 Å². The number of carbonyl (C=O) groups excluding carboxylic acids is 1. The Labute approximate surface area is 73.7 Å². The van der Waals surface area contributed by atoms with E-state index in [1.54, 1.807) is 0 Å². The molecule has 0 saturated heterocycles. The Bertz CT molecular complexity index is 188. The first kappa shape index (κ1) is 11.6. The lowest BCUT2D eigenvalue weighted by Crippen LogP contribution is -2.29. The van der Waals surface area contributed by atoms with E-state index in [0.717, 1.165) is 0 Å². The molecule has 1 amide bonds. The average molecular weight is 204 g/mol. The quantitative estimate of drug-likeness (QED) is 0.728. The minimum absolute atomic E-state index is 0. The molecule has 12 heavy (non-hydrogen) atoms. The van der Waals surface area contributed by atoms with E-state index in [-0.39, 0.29) is 25.2 Å². The van der Waals surface area contributed by atoms with Crippen LogP contribution in [0.1, 0.15) is 19.3 Å². The second kappa shape index (κ2) is 3.12. The lowest BCUT2D eigenvalue weighted by molar-refractivity contribution is -0.190. The lowest BCUT2D eigenvalue weighted by atomic mass is 10.0. The van der Waals surface area contributed by atoms with Crippen molar-refractivity contribution < 1.29 is 18.0 Å². The van der Waals surface area contributed by atoms with Gasteiger partial charge in [-0.3, -0.25) is 4.79 Å². The molecule has 1 fully saturated rings. The predicted molar refractivity (Wildman–Crippen MR) is 38.8 cm³/mol. The van der Waals surface area contributed by atoms with E-state index in [0.29, 0.717) is 0 Å². The van der Waals surface area contributed by atoms with Crippen LogP contribution in [0, 0.1) is 5.41 Å². The van der Waals surface area contributed by atoms with Gasteiger partial charge in [0.1, 0.15) is 0 Å². The number of alkyl halides is 3. The van der Waals surface area contributed by atoms with Crippen molar-refractivity contribution in [2.24, 2.45) is 11.1 Å². The molecule has 72 valence electrons. The monoisotopic (exact) mass is 203 g/mol. The molecule has 0 bridgehead atoms. The number of nitrogens with two attached hydrogens (primary N) is 1. The third-order valence-electron chi connectivity index (χ3n) is 1.97. The summed E-state index contributed by atoms with van der Waals surface area (Å²) in [7, 11) is 0. The normalized spacial score (nSPS) is 19.6. The summed E-state index contributed by atoms with van der Waals surface area (Å²) in [6, 6.07) is 0. The van der Waals surface area contributed by atoms with Crippen molar-refractivity contribution in [1.29, 1.82) is 0 Å². The maximum Gasteiger partial charge on any atom is 0.395 e. The van der Waals surface area contributed by atoms with Gasteiger partial charge in [0.25, 0.3) is 0 Å². The molecular weight excluding hydrogens is 195 g/mol. The second-order valence-electron chi connectivity index (χ2n) is 2.92. The van der Waals surface area contributed by atoms with Crippen LogP contribution in [0.4, 0.5) is 13.2 Å². The van der Waals surface area contributed by atoms with Crippen LogP contribution in [0.2, 0.25) is 0 Å². The smallest absolute Gasteiger partial charge is 0.370 e. The molecule has 2 nitrogen and oxygen atoms in total. The van der Waals surface area contributed by atoms with Crippen molar-refractivity contribution in [3.8, 4) is 0 Å². The van der Waals surface area contributed by atoms with Crippen molar-refractivity contribution in [2.75, 3.05) is 0 Å². The standard InChI is InChI=1S/C6H8F3NO.ClH/c7-6(8,9)5(1-2-5)3-4(10)11;/h1-3H2,(H2,10,11);1H. The minimum Gasteiger partial charge on any atom is -0.370 e. The summed E-state index contributed by atoms with van der Waals surface area (Å²) >= 11 is 0. The van der Waals surface area contributed by atoms with Crippen molar-refractivity contribution in [1.82, 2.24) is 0 Å². The van der Waals surface area contributed by atoms with E-state index in [2.05, 4.69) is 5.73 Å². The summed E-state index contributed by atoms with van der Waals surface area (Å²) in [6.07, 6.45) is -4.74. The van der Waals surface area contributed by atoms with Crippen LogP contribution in [0.5, 0.6) is 0 Å². The Hall–Kier alpha value is -0.450. The highest BCUT2D eigenvalue weighted by Gasteiger charge is 2.63. The topological polar surface area (TPSA) is 43.1 Å².